The van der Waals surface area contributed by atoms with Crippen molar-refractivity contribution in [2.75, 3.05) is 0 Å². The van der Waals surface area contributed by atoms with Gasteiger partial charge >= 0.3 is 12.2 Å². The van der Waals surface area contributed by atoms with E-state index in [-0.39, 0.29) is 0 Å². The van der Waals surface area contributed by atoms with Gasteiger partial charge < -0.3 is 0 Å². The van der Waals surface area contributed by atoms with Gasteiger partial charge in [0.15, 0.2) is 0 Å². The van der Waals surface area contributed by atoms with Crippen LogP contribution in [-0.2, 0) is 4.74 Å². The molecular weight excluding hydrogens is 476 g/mol. The lowest BCUT2D eigenvalue weighted by Crippen LogP contribution is -2.45. The highest BCUT2D eigenvalue weighted by atomic mass is 19.3. The smallest absolute Gasteiger partial charge is 0.255 e. The van der Waals surface area contributed by atoms with Crippen LogP contribution in [0.1, 0.15) is 142 Å². The summed E-state index contributed by atoms with van der Waals surface area (Å²) in [5.41, 5.74) is 0. The second kappa shape index (κ2) is 13.4. The van der Waals surface area contributed by atoms with Crippen LogP contribution >= 0.6 is 0 Å². The zero-order valence-corrected chi connectivity index (χ0v) is 23.7. The zero-order chi connectivity index (χ0) is 26.5. The normalized spacial score (nSPS) is 38.4. The van der Waals surface area contributed by atoms with Crippen LogP contribution in [0, 0.1) is 47.3 Å². The highest BCUT2D eigenvalue weighted by Crippen LogP contribution is 2.50. The van der Waals surface area contributed by atoms with Gasteiger partial charge in [0.25, 0.3) is 0 Å². The molecule has 0 saturated heterocycles. The van der Waals surface area contributed by atoms with Crippen molar-refractivity contribution in [2.45, 2.75) is 154 Å². The Bertz CT molecular complexity index is 594. The summed E-state index contributed by atoms with van der Waals surface area (Å²) in [6.07, 6.45) is 11.8. The summed E-state index contributed by atoms with van der Waals surface area (Å²) >= 11 is 0. The molecule has 0 amide bonds. The molecule has 0 unspecified atom stereocenters. The molecule has 1 nitrogen and oxygen atoms in total. The zero-order valence-electron chi connectivity index (χ0n) is 23.7. The number of alkyl halides is 4. The number of ether oxygens (including phenoxy) is 1. The first-order chi connectivity index (χ1) is 17.7. The van der Waals surface area contributed by atoms with Crippen LogP contribution in [0.2, 0.25) is 0 Å². The van der Waals surface area contributed by atoms with E-state index in [1.54, 1.807) is 0 Å². The van der Waals surface area contributed by atoms with Crippen LogP contribution in [0.15, 0.2) is 0 Å². The van der Waals surface area contributed by atoms with Gasteiger partial charge in [0.1, 0.15) is 0 Å². The van der Waals surface area contributed by atoms with Gasteiger partial charge in [-0.1, -0.05) is 65.2 Å². The molecule has 0 spiro atoms. The molecule has 0 radical (unpaired) electrons. The maximum atomic E-state index is 15.0. The van der Waals surface area contributed by atoms with E-state index in [1.165, 1.54) is 77.0 Å². The van der Waals surface area contributed by atoms with Crippen molar-refractivity contribution in [2.24, 2.45) is 47.3 Å². The molecule has 0 aromatic carbocycles. The average molecular weight is 531 g/mol. The Labute approximate surface area is 224 Å². The van der Waals surface area contributed by atoms with Gasteiger partial charge in [-0.3, -0.25) is 4.74 Å². The summed E-state index contributed by atoms with van der Waals surface area (Å²) in [6, 6.07) is 0. The molecule has 0 aliphatic heterocycles. The first kappa shape index (κ1) is 29.7. The van der Waals surface area contributed by atoms with Gasteiger partial charge in [-0.25, -0.2) is 0 Å². The van der Waals surface area contributed by atoms with Gasteiger partial charge in [-0.15, -0.1) is 0 Å². The summed E-state index contributed by atoms with van der Waals surface area (Å²) in [4.78, 5) is 0. The number of rotatable bonds is 10. The molecule has 4 rings (SSSR count). The van der Waals surface area contributed by atoms with E-state index in [0.717, 1.165) is 37.5 Å². The van der Waals surface area contributed by atoms with Crippen LogP contribution in [0.25, 0.3) is 0 Å². The topological polar surface area (TPSA) is 9.23 Å². The summed E-state index contributed by atoms with van der Waals surface area (Å²) < 4.78 is 64.6. The van der Waals surface area contributed by atoms with Crippen molar-refractivity contribution in [3.05, 3.63) is 0 Å². The van der Waals surface area contributed by atoms with E-state index < -0.39 is 24.1 Å². The molecular formula is C32H54F4O. The molecule has 4 saturated carbocycles. The highest BCUT2D eigenvalue weighted by Gasteiger charge is 2.54. The van der Waals surface area contributed by atoms with Crippen LogP contribution in [0.5, 0.6) is 0 Å². The Morgan fingerprint density at radius 2 is 0.730 bits per heavy atom. The predicted octanol–water partition coefficient (Wildman–Crippen LogP) is 11.0. The van der Waals surface area contributed by atoms with Crippen molar-refractivity contribution >= 4 is 0 Å². The molecule has 0 heterocycles. The summed E-state index contributed by atoms with van der Waals surface area (Å²) in [5, 5.41) is 0. The fourth-order valence-electron chi connectivity index (χ4n) is 8.91. The van der Waals surface area contributed by atoms with Gasteiger partial charge in [0.05, 0.1) is 11.8 Å². The molecule has 0 N–H and O–H groups in total. The van der Waals surface area contributed by atoms with E-state index in [4.69, 9.17) is 0 Å². The Morgan fingerprint density at radius 3 is 1.00 bits per heavy atom. The van der Waals surface area contributed by atoms with Crippen molar-refractivity contribution in [3.63, 3.8) is 0 Å². The highest BCUT2D eigenvalue weighted by molar-refractivity contribution is 4.87. The fraction of sp³-hybridized carbons (Fsp3) is 1.00. The van der Waals surface area contributed by atoms with E-state index in [2.05, 4.69) is 18.6 Å². The first-order valence-electron chi connectivity index (χ1n) is 16.2. The molecule has 4 fully saturated rings. The molecule has 216 valence electrons. The van der Waals surface area contributed by atoms with Crippen LogP contribution in [-0.4, -0.2) is 12.2 Å². The predicted molar refractivity (Wildman–Crippen MR) is 143 cm³/mol. The molecule has 0 aromatic heterocycles. The summed E-state index contributed by atoms with van der Waals surface area (Å²) in [6.45, 7) is 4.48. The maximum absolute atomic E-state index is 15.0. The van der Waals surface area contributed by atoms with E-state index in [1.807, 2.05) is 0 Å². The van der Waals surface area contributed by atoms with Crippen LogP contribution in [0.3, 0.4) is 0 Å². The number of hydrogen-bond donors (Lipinski definition) is 0. The first-order valence-corrected chi connectivity index (χ1v) is 16.2. The molecule has 4 aliphatic rings. The monoisotopic (exact) mass is 530 g/mol. The standard InChI is InChI=1S/C32H54F4O/c1-3-5-23-7-11-25(12-8-23)27-15-19-29(20-16-27)31(33,34)37-32(35,36)30-21-17-28(18-22-30)26-13-9-24(6-4-2)10-14-26/h23-30H,3-22H2,1-2H3. The minimum Gasteiger partial charge on any atom is -0.255 e. The average Bonchev–Trinajstić information content (AvgIpc) is 2.90. The van der Waals surface area contributed by atoms with Crippen LogP contribution in [0.4, 0.5) is 17.6 Å². The maximum Gasteiger partial charge on any atom is 0.362 e. The third-order valence-corrected chi connectivity index (χ3v) is 11.3. The second-order valence-corrected chi connectivity index (χ2v) is 13.6. The van der Waals surface area contributed by atoms with Crippen molar-refractivity contribution in [3.8, 4) is 0 Å². The third-order valence-electron chi connectivity index (χ3n) is 11.3. The molecule has 4 aliphatic carbocycles. The molecule has 0 bridgehead atoms. The lowest BCUT2D eigenvalue weighted by molar-refractivity contribution is -0.411. The Balaban J connectivity index is 1.19. The second-order valence-electron chi connectivity index (χ2n) is 13.6. The quantitative estimate of drug-likeness (QED) is 0.255. The Kier molecular flexibility index (Phi) is 10.7. The van der Waals surface area contributed by atoms with Crippen molar-refractivity contribution in [1.29, 1.82) is 0 Å². The van der Waals surface area contributed by atoms with Crippen molar-refractivity contribution < 1.29 is 22.3 Å². The lowest BCUT2D eigenvalue weighted by Gasteiger charge is -2.42. The molecule has 0 aromatic rings. The summed E-state index contributed by atoms with van der Waals surface area (Å²) in [5.74, 6) is 1.80. The SMILES string of the molecule is CCCC1CCC(C2CCC(C(F)(F)OC(F)(F)C3CCC(C4CCC(CCC)CC4)CC3)CC2)CC1. The summed E-state index contributed by atoms with van der Waals surface area (Å²) in [7, 11) is 0. The van der Waals surface area contributed by atoms with E-state index in [9.17, 15) is 0 Å². The molecule has 37 heavy (non-hydrogen) atoms. The minimum absolute atomic E-state index is 0.316. The van der Waals surface area contributed by atoms with Gasteiger partial charge in [-0.2, -0.15) is 17.6 Å². The Morgan fingerprint density at radius 1 is 0.459 bits per heavy atom. The lowest BCUT2D eigenvalue weighted by atomic mass is 9.68. The van der Waals surface area contributed by atoms with Crippen molar-refractivity contribution in [1.82, 2.24) is 0 Å². The largest absolute Gasteiger partial charge is 0.362 e. The molecule has 5 heteroatoms. The van der Waals surface area contributed by atoms with Gasteiger partial charge in [0, 0.05) is 0 Å². The fourth-order valence-corrected chi connectivity index (χ4v) is 8.91. The Hall–Kier alpha value is -0.320. The van der Waals surface area contributed by atoms with Gasteiger partial charge in [-0.05, 0) is 113 Å². The third kappa shape index (κ3) is 7.88. The number of hydrogen-bond acceptors (Lipinski definition) is 1. The minimum atomic E-state index is -3.73. The van der Waals surface area contributed by atoms with Gasteiger partial charge in [0.2, 0.25) is 0 Å². The molecule has 0 atom stereocenters. The number of halogens is 4. The van der Waals surface area contributed by atoms with E-state index >= 15 is 17.6 Å². The van der Waals surface area contributed by atoms with Crippen LogP contribution < -0.4 is 0 Å². The van der Waals surface area contributed by atoms with E-state index in [0.29, 0.717) is 49.4 Å².